The van der Waals surface area contributed by atoms with Gasteiger partial charge in [-0.2, -0.15) is 9.97 Å². The predicted octanol–water partition coefficient (Wildman–Crippen LogP) is -1.59. The molecule has 3 rings (SSSR count). The van der Waals surface area contributed by atoms with Gasteiger partial charge in [-0.05, 0) is 0 Å². The van der Waals surface area contributed by atoms with E-state index in [1.54, 1.807) is 0 Å². The first-order chi connectivity index (χ1) is 8.72. The zero-order valence-electron chi connectivity index (χ0n) is 9.67. The molecule has 1 saturated heterocycles. The number of hydrogen-bond donors (Lipinski definition) is 4. The Hall–Kier alpha value is -2.52. The zero-order chi connectivity index (χ0) is 12.5. The van der Waals surface area contributed by atoms with E-state index < -0.39 is 0 Å². The van der Waals surface area contributed by atoms with Crippen LogP contribution in [-0.4, -0.2) is 56.5 Å². The minimum atomic E-state index is 0.328. The molecule has 0 amide bonds. The lowest BCUT2D eigenvalue weighted by Crippen LogP contribution is -2.47. The highest BCUT2D eigenvalue weighted by Gasteiger charge is 2.22. The van der Waals surface area contributed by atoms with Crippen LogP contribution in [0.15, 0.2) is 0 Å². The molecule has 10 heteroatoms. The van der Waals surface area contributed by atoms with Crippen molar-refractivity contribution in [2.24, 2.45) is 0 Å². The van der Waals surface area contributed by atoms with E-state index in [0.29, 0.717) is 23.8 Å². The van der Waals surface area contributed by atoms with Gasteiger partial charge in [0.1, 0.15) is 0 Å². The number of aromatic amines is 2. The Morgan fingerprint density at radius 3 is 1.44 bits per heavy atom. The molecule has 1 fully saturated rings. The standard InChI is InChI=1S/C8H14N10/c9-5-11-7(15-13-5)17-1-2-18(4-3-17)8-12-6(10)14-16-8/h1-4H2,(H3,9,11,13,15)(H3,10,12,14,16). The monoisotopic (exact) mass is 250 g/mol. The first-order valence-electron chi connectivity index (χ1n) is 5.58. The van der Waals surface area contributed by atoms with Gasteiger partial charge in [-0.15, -0.1) is 10.2 Å². The van der Waals surface area contributed by atoms with E-state index in [1.807, 2.05) is 0 Å². The summed E-state index contributed by atoms with van der Waals surface area (Å²) in [7, 11) is 0. The molecule has 0 unspecified atom stereocenters. The van der Waals surface area contributed by atoms with E-state index in [0.717, 1.165) is 26.2 Å². The summed E-state index contributed by atoms with van der Waals surface area (Å²) in [6.07, 6.45) is 0. The van der Waals surface area contributed by atoms with Crippen molar-refractivity contribution in [3.8, 4) is 0 Å². The van der Waals surface area contributed by atoms with Crippen LogP contribution in [0.25, 0.3) is 0 Å². The number of nitrogens with one attached hydrogen (secondary N) is 2. The second-order valence-corrected chi connectivity index (χ2v) is 4.02. The third-order valence-corrected chi connectivity index (χ3v) is 2.83. The van der Waals surface area contributed by atoms with E-state index >= 15 is 0 Å². The van der Waals surface area contributed by atoms with E-state index in [4.69, 9.17) is 11.5 Å². The van der Waals surface area contributed by atoms with E-state index in [9.17, 15) is 0 Å². The molecule has 0 bridgehead atoms. The topological polar surface area (TPSA) is 142 Å². The van der Waals surface area contributed by atoms with Crippen LogP contribution >= 0.6 is 0 Å². The molecule has 1 aliphatic heterocycles. The summed E-state index contributed by atoms with van der Waals surface area (Å²) >= 11 is 0. The van der Waals surface area contributed by atoms with Gasteiger partial charge in [-0.25, -0.2) is 10.2 Å². The largest absolute Gasteiger partial charge is 0.368 e. The maximum absolute atomic E-state index is 5.50. The second kappa shape index (κ2) is 4.05. The summed E-state index contributed by atoms with van der Waals surface area (Å²) in [6.45, 7) is 3.13. The molecule has 2 aromatic heterocycles. The first kappa shape index (κ1) is 10.6. The minimum Gasteiger partial charge on any atom is -0.368 e. The van der Waals surface area contributed by atoms with Gasteiger partial charge in [0, 0.05) is 26.2 Å². The zero-order valence-corrected chi connectivity index (χ0v) is 9.67. The maximum Gasteiger partial charge on any atom is 0.246 e. The SMILES string of the molecule is Nc1nc(N2CCN(c3n[nH]c(N)n3)CC2)n[nH]1. The van der Waals surface area contributed by atoms with Crippen molar-refractivity contribution in [2.75, 3.05) is 47.4 Å². The van der Waals surface area contributed by atoms with Crippen molar-refractivity contribution in [3.05, 3.63) is 0 Å². The summed E-state index contributed by atoms with van der Waals surface area (Å²) < 4.78 is 0. The molecule has 0 aliphatic carbocycles. The summed E-state index contributed by atoms with van der Waals surface area (Å²) in [5, 5.41) is 13.3. The Morgan fingerprint density at radius 1 is 0.778 bits per heavy atom. The van der Waals surface area contributed by atoms with Crippen molar-refractivity contribution in [1.82, 2.24) is 30.4 Å². The molecule has 0 atom stereocenters. The smallest absolute Gasteiger partial charge is 0.246 e. The van der Waals surface area contributed by atoms with Gasteiger partial charge >= 0.3 is 0 Å². The van der Waals surface area contributed by atoms with Crippen LogP contribution in [0.5, 0.6) is 0 Å². The van der Waals surface area contributed by atoms with Crippen LogP contribution in [0.2, 0.25) is 0 Å². The highest BCUT2D eigenvalue weighted by molar-refractivity contribution is 5.40. The molecule has 0 saturated carbocycles. The Morgan fingerprint density at radius 2 is 1.17 bits per heavy atom. The van der Waals surface area contributed by atoms with Crippen LogP contribution in [0.3, 0.4) is 0 Å². The number of nitrogens with two attached hydrogens (primary N) is 2. The van der Waals surface area contributed by atoms with E-state index in [2.05, 4.69) is 40.2 Å². The lowest BCUT2D eigenvalue weighted by Gasteiger charge is -2.33. The lowest BCUT2D eigenvalue weighted by molar-refractivity contribution is 0.630. The fraction of sp³-hybridized carbons (Fsp3) is 0.500. The average molecular weight is 250 g/mol. The highest BCUT2D eigenvalue weighted by Crippen LogP contribution is 2.15. The number of H-pyrrole nitrogens is 2. The molecule has 10 nitrogen and oxygen atoms in total. The fourth-order valence-corrected chi connectivity index (χ4v) is 1.92. The molecule has 18 heavy (non-hydrogen) atoms. The van der Waals surface area contributed by atoms with Crippen molar-refractivity contribution in [1.29, 1.82) is 0 Å². The number of rotatable bonds is 2. The molecule has 0 radical (unpaired) electrons. The van der Waals surface area contributed by atoms with Crippen LogP contribution < -0.4 is 21.3 Å². The first-order valence-corrected chi connectivity index (χ1v) is 5.58. The van der Waals surface area contributed by atoms with E-state index in [1.165, 1.54) is 0 Å². The lowest BCUT2D eigenvalue weighted by atomic mass is 10.3. The van der Waals surface area contributed by atoms with Gasteiger partial charge in [0.05, 0.1) is 0 Å². The van der Waals surface area contributed by atoms with E-state index in [-0.39, 0.29) is 0 Å². The van der Waals surface area contributed by atoms with Crippen molar-refractivity contribution < 1.29 is 0 Å². The van der Waals surface area contributed by atoms with Crippen LogP contribution in [0.4, 0.5) is 23.8 Å². The summed E-state index contributed by atoms with van der Waals surface area (Å²) in [6, 6.07) is 0. The van der Waals surface area contributed by atoms with Crippen LogP contribution in [0.1, 0.15) is 0 Å². The Kier molecular flexibility index (Phi) is 2.39. The molecule has 2 aromatic rings. The maximum atomic E-state index is 5.50. The molecule has 3 heterocycles. The molecule has 6 N–H and O–H groups in total. The quantitative estimate of drug-likeness (QED) is 0.500. The number of anilines is 4. The molecular formula is C8H14N10. The van der Waals surface area contributed by atoms with Gasteiger partial charge in [0.25, 0.3) is 0 Å². The summed E-state index contributed by atoms with van der Waals surface area (Å²) in [4.78, 5) is 12.3. The van der Waals surface area contributed by atoms with Gasteiger partial charge in [0.2, 0.25) is 23.8 Å². The number of nitrogen functional groups attached to an aromatic ring is 2. The number of hydrogen-bond acceptors (Lipinski definition) is 8. The highest BCUT2D eigenvalue weighted by atomic mass is 15.4. The van der Waals surface area contributed by atoms with Crippen molar-refractivity contribution in [2.45, 2.75) is 0 Å². The Labute approximate surface area is 102 Å². The Bertz CT molecular complexity index is 473. The predicted molar refractivity (Wildman–Crippen MR) is 66.0 cm³/mol. The van der Waals surface area contributed by atoms with Gasteiger partial charge in [-0.3, -0.25) is 0 Å². The summed E-state index contributed by atoms with van der Waals surface area (Å²) in [5.74, 6) is 1.91. The van der Waals surface area contributed by atoms with Gasteiger partial charge in [-0.1, -0.05) is 0 Å². The third kappa shape index (κ3) is 1.87. The van der Waals surface area contributed by atoms with Gasteiger partial charge in [0.15, 0.2) is 0 Å². The molecule has 1 aliphatic rings. The van der Waals surface area contributed by atoms with Crippen molar-refractivity contribution in [3.63, 3.8) is 0 Å². The second-order valence-electron chi connectivity index (χ2n) is 4.02. The number of piperazine rings is 1. The van der Waals surface area contributed by atoms with Crippen LogP contribution in [0, 0.1) is 0 Å². The fourth-order valence-electron chi connectivity index (χ4n) is 1.92. The molecule has 0 spiro atoms. The minimum absolute atomic E-state index is 0.328. The normalized spacial score (nSPS) is 16.2. The number of aromatic nitrogens is 6. The molecule has 0 aromatic carbocycles. The van der Waals surface area contributed by atoms with Crippen LogP contribution in [-0.2, 0) is 0 Å². The van der Waals surface area contributed by atoms with Gasteiger partial charge < -0.3 is 21.3 Å². The third-order valence-electron chi connectivity index (χ3n) is 2.83. The average Bonchev–Trinajstić information content (AvgIpc) is 2.98. The number of nitrogens with zero attached hydrogens (tertiary/aromatic N) is 6. The molecular weight excluding hydrogens is 236 g/mol. The Balaban J connectivity index is 1.64. The summed E-state index contributed by atoms with van der Waals surface area (Å²) in [5.41, 5.74) is 11.0. The van der Waals surface area contributed by atoms with Crippen molar-refractivity contribution >= 4 is 23.8 Å². The molecule has 96 valence electrons.